The van der Waals surface area contributed by atoms with E-state index in [4.69, 9.17) is 9.47 Å². The Morgan fingerprint density at radius 1 is 1.03 bits per heavy atom. The third-order valence-electron chi connectivity index (χ3n) is 5.98. The fraction of sp³-hybridized carbons (Fsp3) is 0.440. The van der Waals surface area contributed by atoms with Crippen molar-refractivity contribution in [1.82, 2.24) is 10.2 Å². The van der Waals surface area contributed by atoms with Gasteiger partial charge >= 0.3 is 6.09 Å². The van der Waals surface area contributed by atoms with Crippen LogP contribution in [0.5, 0.6) is 11.5 Å². The van der Waals surface area contributed by atoms with Crippen molar-refractivity contribution in [3.8, 4) is 11.5 Å². The summed E-state index contributed by atoms with van der Waals surface area (Å²) in [7, 11) is 3.17. The number of nitrogens with one attached hydrogen (secondary N) is 1. The first kappa shape index (κ1) is 24.2. The molecule has 178 valence electrons. The summed E-state index contributed by atoms with van der Waals surface area (Å²) in [4.78, 5) is 28.0. The van der Waals surface area contributed by atoms with E-state index >= 15 is 0 Å². The number of rotatable bonds is 6. The van der Waals surface area contributed by atoms with Crippen molar-refractivity contribution in [2.45, 2.75) is 33.4 Å². The van der Waals surface area contributed by atoms with Crippen LogP contribution in [0.4, 0.5) is 10.5 Å². The highest BCUT2D eigenvalue weighted by atomic mass is 16.5. The summed E-state index contributed by atoms with van der Waals surface area (Å²) in [6.07, 6.45) is -0.879. The van der Waals surface area contributed by atoms with E-state index in [2.05, 4.69) is 31.0 Å². The molecule has 0 aromatic heterocycles. The third kappa shape index (κ3) is 5.88. The molecule has 3 rings (SSSR count). The SMILES string of the molecule is COc1cc(CNC(=O)c2ccc(N3CCN(C(=O)O)C(C(C)(C)C)C3)cc2)cc(OC)c1. The van der Waals surface area contributed by atoms with Crippen LogP contribution < -0.4 is 19.7 Å². The van der Waals surface area contributed by atoms with Crippen LogP contribution in [0.25, 0.3) is 0 Å². The van der Waals surface area contributed by atoms with Gasteiger partial charge in [-0.15, -0.1) is 0 Å². The van der Waals surface area contributed by atoms with Gasteiger partial charge in [0.2, 0.25) is 0 Å². The molecule has 2 amide bonds. The molecule has 1 fully saturated rings. The number of amides is 2. The first-order valence-corrected chi connectivity index (χ1v) is 11.0. The molecule has 1 aliphatic heterocycles. The number of ether oxygens (including phenoxy) is 2. The zero-order valence-corrected chi connectivity index (χ0v) is 19.9. The van der Waals surface area contributed by atoms with Gasteiger partial charge < -0.3 is 29.7 Å². The fourth-order valence-corrected chi connectivity index (χ4v) is 4.06. The lowest BCUT2D eigenvalue weighted by molar-refractivity contribution is 0.0748. The molecular formula is C25H33N3O5. The lowest BCUT2D eigenvalue weighted by atomic mass is 9.84. The average Bonchev–Trinajstić information content (AvgIpc) is 2.81. The molecule has 1 atom stereocenters. The summed E-state index contributed by atoms with van der Waals surface area (Å²) in [5.41, 5.74) is 2.23. The van der Waals surface area contributed by atoms with Crippen molar-refractivity contribution in [2.24, 2.45) is 5.41 Å². The highest BCUT2D eigenvalue weighted by molar-refractivity contribution is 5.94. The number of piperazine rings is 1. The molecule has 1 aliphatic rings. The predicted molar refractivity (Wildman–Crippen MR) is 127 cm³/mol. The topological polar surface area (TPSA) is 91.3 Å². The molecule has 1 saturated heterocycles. The number of methoxy groups -OCH3 is 2. The summed E-state index contributed by atoms with van der Waals surface area (Å²) in [5.74, 6) is 1.16. The minimum atomic E-state index is -0.879. The Morgan fingerprint density at radius 3 is 2.15 bits per heavy atom. The van der Waals surface area contributed by atoms with Crippen molar-refractivity contribution in [3.63, 3.8) is 0 Å². The molecule has 1 heterocycles. The maximum Gasteiger partial charge on any atom is 0.407 e. The van der Waals surface area contributed by atoms with Crippen molar-refractivity contribution >= 4 is 17.7 Å². The van der Waals surface area contributed by atoms with E-state index in [0.29, 0.717) is 43.2 Å². The number of carboxylic acid groups (broad SMARTS) is 1. The zero-order valence-electron chi connectivity index (χ0n) is 19.9. The molecule has 0 spiro atoms. The quantitative estimate of drug-likeness (QED) is 0.688. The fourth-order valence-electron chi connectivity index (χ4n) is 4.06. The minimum Gasteiger partial charge on any atom is -0.497 e. The maximum atomic E-state index is 12.7. The van der Waals surface area contributed by atoms with Gasteiger partial charge in [0.05, 0.1) is 20.3 Å². The van der Waals surface area contributed by atoms with Crippen LogP contribution in [0.15, 0.2) is 42.5 Å². The van der Waals surface area contributed by atoms with Crippen LogP contribution in [0.2, 0.25) is 0 Å². The maximum absolute atomic E-state index is 12.7. The molecule has 8 nitrogen and oxygen atoms in total. The van der Waals surface area contributed by atoms with Crippen molar-refractivity contribution in [2.75, 3.05) is 38.8 Å². The van der Waals surface area contributed by atoms with Gasteiger partial charge in [-0.05, 0) is 47.4 Å². The number of hydrogen-bond acceptors (Lipinski definition) is 5. The summed E-state index contributed by atoms with van der Waals surface area (Å²) >= 11 is 0. The summed E-state index contributed by atoms with van der Waals surface area (Å²) in [5, 5.41) is 12.5. The second-order valence-electron chi connectivity index (χ2n) is 9.25. The van der Waals surface area contributed by atoms with Crippen molar-refractivity contribution in [3.05, 3.63) is 53.6 Å². The second kappa shape index (κ2) is 10.0. The number of anilines is 1. The van der Waals surface area contributed by atoms with E-state index in [9.17, 15) is 14.7 Å². The van der Waals surface area contributed by atoms with Gasteiger partial charge in [-0.1, -0.05) is 20.8 Å². The van der Waals surface area contributed by atoms with Gasteiger partial charge in [-0.2, -0.15) is 0 Å². The molecule has 0 saturated carbocycles. The Kier molecular flexibility index (Phi) is 7.36. The Bertz CT molecular complexity index is 962. The average molecular weight is 456 g/mol. The Hall–Kier alpha value is -3.42. The second-order valence-corrected chi connectivity index (χ2v) is 9.25. The highest BCUT2D eigenvalue weighted by Crippen LogP contribution is 2.30. The van der Waals surface area contributed by atoms with Crippen LogP contribution in [0.1, 0.15) is 36.7 Å². The first-order chi connectivity index (χ1) is 15.6. The van der Waals surface area contributed by atoms with Gasteiger partial charge in [-0.3, -0.25) is 4.79 Å². The molecule has 8 heteroatoms. The van der Waals surface area contributed by atoms with Gasteiger partial charge in [0, 0.05) is 43.5 Å². The molecule has 0 radical (unpaired) electrons. The number of carbonyl (C=O) groups is 2. The van der Waals surface area contributed by atoms with E-state index < -0.39 is 6.09 Å². The van der Waals surface area contributed by atoms with Gasteiger partial charge in [0.25, 0.3) is 5.91 Å². The van der Waals surface area contributed by atoms with Crippen LogP contribution >= 0.6 is 0 Å². The van der Waals surface area contributed by atoms with E-state index in [0.717, 1.165) is 11.3 Å². The Morgan fingerprint density at radius 2 is 1.64 bits per heavy atom. The molecule has 0 bridgehead atoms. The largest absolute Gasteiger partial charge is 0.497 e. The molecule has 2 N–H and O–H groups in total. The third-order valence-corrected chi connectivity index (χ3v) is 5.98. The minimum absolute atomic E-state index is 0.119. The van der Waals surface area contributed by atoms with Crippen LogP contribution in [0, 0.1) is 5.41 Å². The van der Waals surface area contributed by atoms with E-state index in [1.807, 2.05) is 24.3 Å². The first-order valence-electron chi connectivity index (χ1n) is 11.0. The summed E-state index contributed by atoms with van der Waals surface area (Å²) in [6.45, 7) is 8.19. The van der Waals surface area contributed by atoms with Crippen molar-refractivity contribution < 1.29 is 24.2 Å². The smallest absolute Gasteiger partial charge is 0.407 e. The Labute approximate surface area is 195 Å². The number of hydrogen-bond donors (Lipinski definition) is 2. The predicted octanol–water partition coefficient (Wildman–Crippen LogP) is 3.85. The zero-order chi connectivity index (χ0) is 24.2. The molecule has 2 aromatic rings. The molecular weight excluding hydrogens is 422 g/mol. The molecule has 1 unspecified atom stereocenters. The van der Waals surface area contributed by atoms with E-state index in [-0.39, 0.29) is 17.4 Å². The van der Waals surface area contributed by atoms with Crippen LogP contribution in [-0.2, 0) is 6.54 Å². The lowest BCUT2D eigenvalue weighted by Crippen LogP contribution is -2.59. The molecule has 0 aliphatic carbocycles. The molecule has 2 aromatic carbocycles. The van der Waals surface area contributed by atoms with Crippen molar-refractivity contribution in [1.29, 1.82) is 0 Å². The number of carbonyl (C=O) groups excluding carboxylic acids is 1. The van der Waals surface area contributed by atoms with E-state index in [1.54, 1.807) is 32.4 Å². The highest BCUT2D eigenvalue weighted by Gasteiger charge is 2.38. The standard InChI is InChI=1S/C25H33N3O5/c1-25(2,3)22-16-27(10-11-28(22)24(30)31)19-8-6-18(7-9-19)23(29)26-15-17-12-20(32-4)14-21(13-17)33-5/h6-9,12-14,22H,10-11,15-16H2,1-5H3,(H,26,29)(H,30,31). The van der Waals surface area contributed by atoms with E-state index in [1.165, 1.54) is 4.90 Å². The number of benzene rings is 2. The normalized spacial score (nSPS) is 16.3. The molecule has 33 heavy (non-hydrogen) atoms. The van der Waals surface area contributed by atoms with Gasteiger partial charge in [0.15, 0.2) is 0 Å². The monoisotopic (exact) mass is 455 g/mol. The lowest BCUT2D eigenvalue weighted by Gasteiger charge is -2.46. The Balaban J connectivity index is 1.65. The summed E-state index contributed by atoms with van der Waals surface area (Å²) in [6, 6.07) is 12.8. The van der Waals surface area contributed by atoms with Crippen LogP contribution in [-0.4, -0.2) is 61.9 Å². The van der Waals surface area contributed by atoms with Gasteiger partial charge in [0.1, 0.15) is 11.5 Å². The summed E-state index contributed by atoms with van der Waals surface area (Å²) < 4.78 is 10.5. The van der Waals surface area contributed by atoms with Gasteiger partial charge in [-0.25, -0.2) is 4.79 Å². The van der Waals surface area contributed by atoms with Crippen LogP contribution in [0.3, 0.4) is 0 Å². The number of nitrogens with zero attached hydrogens (tertiary/aromatic N) is 2.